The molecule has 0 aromatic heterocycles. The second-order valence-electron chi connectivity index (χ2n) is 6.63. The number of carbonyl (C=O) groups excluding carboxylic acids is 2. The van der Waals surface area contributed by atoms with E-state index in [2.05, 4.69) is 28.8 Å². The van der Waals surface area contributed by atoms with Gasteiger partial charge in [-0.05, 0) is 28.0 Å². The monoisotopic (exact) mass is 359 g/mol. The van der Waals surface area contributed by atoms with E-state index in [4.69, 9.17) is 0 Å². The van der Waals surface area contributed by atoms with Crippen molar-refractivity contribution >= 4 is 28.4 Å². The van der Waals surface area contributed by atoms with Crippen molar-refractivity contribution < 1.29 is 9.59 Å². The van der Waals surface area contributed by atoms with Gasteiger partial charge in [-0.25, -0.2) is 4.79 Å². The van der Waals surface area contributed by atoms with Crippen molar-refractivity contribution in [3.05, 3.63) is 77.9 Å². The van der Waals surface area contributed by atoms with E-state index < -0.39 is 6.04 Å². The molecule has 0 aliphatic carbocycles. The summed E-state index contributed by atoms with van der Waals surface area (Å²) >= 11 is 0. The van der Waals surface area contributed by atoms with Gasteiger partial charge in [-0.3, -0.25) is 9.69 Å². The molecule has 1 heterocycles. The largest absolute Gasteiger partial charge is 0.357 e. The zero-order valence-corrected chi connectivity index (χ0v) is 15.1. The van der Waals surface area contributed by atoms with Crippen molar-refractivity contribution in [2.75, 3.05) is 11.9 Å². The molecule has 3 aromatic rings. The maximum absolute atomic E-state index is 13.0. The maximum Gasteiger partial charge on any atom is 0.322 e. The van der Waals surface area contributed by atoms with Crippen LogP contribution in [0.1, 0.15) is 11.1 Å². The molecular formula is C22H21N3O2. The van der Waals surface area contributed by atoms with Gasteiger partial charge in [0.1, 0.15) is 6.04 Å². The van der Waals surface area contributed by atoms with Gasteiger partial charge in [-0.1, -0.05) is 60.7 Å². The van der Waals surface area contributed by atoms with Crippen LogP contribution in [0.2, 0.25) is 0 Å². The van der Waals surface area contributed by atoms with Crippen molar-refractivity contribution in [3.63, 3.8) is 0 Å². The topological polar surface area (TPSA) is 61.4 Å². The lowest BCUT2D eigenvalue weighted by molar-refractivity contribution is -0.121. The first-order chi connectivity index (χ1) is 13.2. The van der Waals surface area contributed by atoms with Gasteiger partial charge in [0, 0.05) is 25.7 Å². The van der Waals surface area contributed by atoms with Crippen LogP contribution in [0.5, 0.6) is 0 Å². The van der Waals surface area contributed by atoms with Gasteiger partial charge in [0.05, 0.1) is 0 Å². The Morgan fingerprint density at radius 1 is 1.00 bits per heavy atom. The number of urea groups is 1. The number of hydrogen-bond acceptors (Lipinski definition) is 2. The number of carbonyl (C=O) groups is 2. The number of likely N-dealkylation sites (N-methyl/N-ethyl adjacent to an activating group) is 1. The molecule has 1 aliphatic rings. The second-order valence-corrected chi connectivity index (χ2v) is 6.63. The Kier molecular flexibility index (Phi) is 4.50. The minimum absolute atomic E-state index is 0.161. The van der Waals surface area contributed by atoms with Gasteiger partial charge >= 0.3 is 6.03 Å². The Bertz CT molecular complexity index is 1010. The minimum Gasteiger partial charge on any atom is -0.357 e. The molecule has 0 fully saturated rings. The second kappa shape index (κ2) is 7.11. The fraction of sp³-hybridized carbons (Fsp3) is 0.182. The fourth-order valence-electron chi connectivity index (χ4n) is 3.72. The lowest BCUT2D eigenvalue weighted by Gasteiger charge is -2.24. The highest BCUT2D eigenvalue weighted by Crippen LogP contribution is 2.32. The van der Waals surface area contributed by atoms with Crippen molar-refractivity contribution in [2.24, 2.45) is 0 Å². The summed E-state index contributed by atoms with van der Waals surface area (Å²) in [5.74, 6) is -0.161. The van der Waals surface area contributed by atoms with E-state index in [-0.39, 0.29) is 11.9 Å². The Morgan fingerprint density at radius 3 is 2.59 bits per heavy atom. The van der Waals surface area contributed by atoms with Crippen LogP contribution in [0.15, 0.2) is 66.7 Å². The summed E-state index contributed by atoms with van der Waals surface area (Å²) in [5, 5.41) is 7.91. The standard InChI is InChI=1S/C22H21N3O2/c1-23-21(26)20-13-16-8-3-5-12-19(16)25(20)22(27)24-14-17-10-6-9-15-7-2-4-11-18(15)17/h2-12,20H,13-14H2,1H3,(H,23,26)(H,24,27)/t20-/m0/s1. The molecule has 5 nitrogen and oxygen atoms in total. The van der Waals surface area contributed by atoms with Gasteiger partial charge in [-0.15, -0.1) is 0 Å². The van der Waals surface area contributed by atoms with Crippen molar-refractivity contribution in [3.8, 4) is 0 Å². The van der Waals surface area contributed by atoms with E-state index in [0.717, 1.165) is 27.6 Å². The van der Waals surface area contributed by atoms with Gasteiger partial charge in [0.2, 0.25) is 5.91 Å². The molecular weight excluding hydrogens is 338 g/mol. The van der Waals surface area contributed by atoms with Gasteiger partial charge in [0.25, 0.3) is 0 Å². The van der Waals surface area contributed by atoms with Gasteiger partial charge in [0.15, 0.2) is 0 Å². The number of nitrogens with one attached hydrogen (secondary N) is 2. The smallest absolute Gasteiger partial charge is 0.322 e. The first-order valence-electron chi connectivity index (χ1n) is 9.02. The minimum atomic E-state index is -0.528. The van der Waals surface area contributed by atoms with E-state index >= 15 is 0 Å². The zero-order valence-electron chi connectivity index (χ0n) is 15.1. The number of anilines is 1. The van der Waals surface area contributed by atoms with Crippen LogP contribution in [-0.4, -0.2) is 25.0 Å². The Labute approximate surface area is 158 Å². The van der Waals surface area contributed by atoms with E-state index in [0.29, 0.717) is 13.0 Å². The highest BCUT2D eigenvalue weighted by Gasteiger charge is 2.37. The first kappa shape index (κ1) is 17.1. The summed E-state index contributed by atoms with van der Waals surface area (Å²) in [7, 11) is 1.59. The van der Waals surface area contributed by atoms with Crippen LogP contribution < -0.4 is 15.5 Å². The summed E-state index contributed by atoms with van der Waals surface area (Å²) in [6.45, 7) is 0.402. The van der Waals surface area contributed by atoms with Crippen LogP contribution in [0.4, 0.5) is 10.5 Å². The highest BCUT2D eigenvalue weighted by molar-refractivity contribution is 6.02. The number of para-hydroxylation sites is 1. The molecule has 0 unspecified atom stereocenters. The van der Waals surface area contributed by atoms with Crippen LogP contribution in [0.25, 0.3) is 10.8 Å². The molecule has 0 spiro atoms. The first-order valence-corrected chi connectivity index (χ1v) is 9.02. The number of fused-ring (bicyclic) bond motifs is 2. The molecule has 2 N–H and O–H groups in total. The molecule has 3 amide bonds. The summed E-state index contributed by atoms with van der Waals surface area (Å²) in [6, 6.07) is 21.0. The summed E-state index contributed by atoms with van der Waals surface area (Å²) in [6.07, 6.45) is 0.525. The van der Waals surface area contributed by atoms with Gasteiger partial charge < -0.3 is 10.6 Å². The maximum atomic E-state index is 13.0. The molecule has 3 aromatic carbocycles. The molecule has 0 saturated carbocycles. The normalized spacial score (nSPS) is 15.4. The summed E-state index contributed by atoms with van der Waals surface area (Å²) < 4.78 is 0. The molecule has 4 rings (SSSR count). The number of hydrogen-bond donors (Lipinski definition) is 2. The highest BCUT2D eigenvalue weighted by atomic mass is 16.2. The van der Waals surface area contributed by atoms with Crippen molar-refractivity contribution in [1.29, 1.82) is 0 Å². The van der Waals surface area contributed by atoms with E-state index in [9.17, 15) is 9.59 Å². The lowest BCUT2D eigenvalue weighted by atomic mass is 10.0. The summed E-state index contributed by atoms with van der Waals surface area (Å²) in [4.78, 5) is 26.9. The Balaban J connectivity index is 1.58. The van der Waals surface area contributed by atoms with E-state index in [1.165, 1.54) is 0 Å². The van der Waals surface area contributed by atoms with Crippen LogP contribution >= 0.6 is 0 Å². The summed E-state index contributed by atoms with van der Waals surface area (Å²) in [5.41, 5.74) is 2.85. The van der Waals surface area contributed by atoms with Gasteiger partial charge in [-0.2, -0.15) is 0 Å². The molecule has 0 bridgehead atoms. The number of rotatable bonds is 3. The Morgan fingerprint density at radius 2 is 1.74 bits per heavy atom. The average molecular weight is 359 g/mol. The van der Waals surface area contributed by atoms with E-state index in [1.54, 1.807) is 11.9 Å². The van der Waals surface area contributed by atoms with Crippen molar-refractivity contribution in [1.82, 2.24) is 10.6 Å². The molecule has 0 saturated heterocycles. The molecule has 1 atom stereocenters. The van der Waals surface area contributed by atoms with Crippen LogP contribution in [0, 0.1) is 0 Å². The predicted molar refractivity (Wildman–Crippen MR) is 107 cm³/mol. The third-order valence-corrected chi connectivity index (χ3v) is 5.05. The third kappa shape index (κ3) is 3.12. The van der Waals surface area contributed by atoms with Crippen LogP contribution in [0.3, 0.4) is 0 Å². The predicted octanol–water partition coefficient (Wildman–Crippen LogP) is 3.23. The number of nitrogens with zero attached hydrogens (tertiary/aromatic N) is 1. The Hall–Kier alpha value is -3.34. The molecule has 1 aliphatic heterocycles. The van der Waals surface area contributed by atoms with E-state index in [1.807, 2.05) is 48.5 Å². The quantitative estimate of drug-likeness (QED) is 0.754. The average Bonchev–Trinajstić information content (AvgIpc) is 3.11. The molecule has 136 valence electrons. The number of benzene rings is 3. The zero-order chi connectivity index (χ0) is 18.8. The molecule has 5 heteroatoms. The molecule has 27 heavy (non-hydrogen) atoms. The van der Waals surface area contributed by atoms with Crippen molar-refractivity contribution in [2.45, 2.75) is 19.0 Å². The lowest BCUT2D eigenvalue weighted by Crippen LogP contribution is -2.50. The molecule has 0 radical (unpaired) electrons. The van der Waals surface area contributed by atoms with Crippen LogP contribution in [-0.2, 0) is 17.8 Å². The third-order valence-electron chi connectivity index (χ3n) is 5.05. The fourth-order valence-corrected chi connectivity index (χ4v) is 3.72. The number of amides is 3. The SMILES string of the molecule is CNC(=O)[C@@H]1Cc2ccccc2N1C(=O)NCc1cccc2ccccc12.